The summed E-state index contributed by atoms with van der Waals surface area (Å²) in [6.07, 6.45) is 7.60. The summed E-state index contributed by atoms with van der Waals surface area (Å²) in [5.74, 6) is 5.28. The second-order valence-corrected chi connectivity index (χ2v) is 14.9. The van der Waals surface area contributed by atoms with Crippen molar-refractivity contribution < 1.29 is 29.6 Å². The maximum atomic E-state index is 14.8. The fourth-order valence-corrected chi connectivity index (χ4v) is 8.97. The number of aromatic nitrogens is 1. The summed E-state index contributed by atoms with van der Waals surface area (Å²) in [6.45, 7) is 4.28. The lowest BCUT2D eigenvalue weighted by atomic mass is 9.66. The Morgan fingerprint density at radius 2 is 1.79 bits per heavy atom. The van der Waals surface area contributed by atoms with Crippen molar-refractivity contribution >= 4 is 17.4 Å². The second kappa shape index (κ2) is 18.5. The number of nitrogen functional groups attached to an aromatic ring is 1. The normalized spacial score (nSPS) is 25.7. The summed E-state index contributed by atoms with van der Waals surface area (Å²) in [4.78, 5) is 32.8. The average molecular weight is 709 g/mol. The summed E-state index contributed by atoms with van der Waals surface area (Å²) in [7, 11) is 1.48. The lowest BCUT2D eigenvalue weighted by Crippen LogP contribution is -2.44. The molecule has 1 fully saturated rings. The zero-order valence-electron chi connectivity index (χ0n) is 31.0. The van der Waals surface area contributed by atoms with E-state index >= 15 is 0 Å². The summed E-state index contributed by atoms with van der Waals surface area (Å²) >= 11 is 0. The summed E-state index contributed by atoms with van der Waals surface area (Å²) in [6, 6.07) is 17.2. The first-order valence-electron chi connectivity index (χ1n) is 19.2. The molecule has 5 N–H and O–H groups in total. The molecular weight excluding hydrogens is 652 g/mol. The summed E-state index contributed by atoms with van der Waals surface area (Å²) in [5.41, 5.74) is 9.63. The number of phenolic OH excluding ortho intramolecular Hbond substituents is 1. The van der Waals surface area contributed by atoms with Gasteiger partial charge in [0.05, 0.1) is 13.0 Å². The van der Waals surface area contributed by atoms with E-state index in [1.54, 1.807) is 18.3 Å². The number of pyridine rings is 1. The van der Waals surface area contributed by atoms with E-state index in [0.717, 1.165) is 67.2 Å². The fraction of sp³-hybridized carbons (Fsp3) is 0.523. The highest BCUT2D eigenvalue weighted by atomic mass is 16.5. The van der Waals surface area contributed by atoms with Crippen LogP contribution >= 0.6 is 0 Å². The number of carbonyl (C=O) groups excluding carboxylic acids is 2. The molecule has 5 rings (SSSR count). The van der Waals surface area contributed by atoms with Crippen molar-refractivity contribution in [1.82, 2.24) is 4.98 Å². The minimum absolute atomic E-state index is 0.00277. The molecule has 278 valence electrons. The molecule has 0 radical (unpaired) electrons. The van der Waals surface area contributed by atoms with E-state index in [-0.39, 0.29) is 54.6 Å². The van der Waals surface area contributed by atoms with Gasteiger partial charge < -0.3 is 25.8 Å². The highest BCUT2D eigenvalue weighted by Gasteiger charge is 2.47. The van der Waals surface area contributed by atoms with Crippen LogP contribution in [-0.4, -0.2) is 51.7 Å². The Hall–Kier alpha value is -4.19. The van der Waals surface area contributed by atoms with Crippen LogP contribution in [-0.2, 0) is 22.4 Å². The van der Waals surface area contributed by atoms with Crippen molar-refractivity contribution in [3.63, 3.8) is 0 Å². The van der Waals surface area contributed by atoms with Crippen LogP contribution in [0.1, 0.15) is 99.8 Å². The Morgan fingerprint density at radius 1 is 1.00 bits per heavy atom. The quantitative estimate of drug-likeness (QED) is 0.0890. The molecule has 2 aliphatic carbocycles. The van der Waals surface area contributed by atoms with E-state index < -0.39 is 35.4 Å². The first-order valence-corrected chi connectivity index (χ1v) is 19.2. The first-order chi connectivity index (χ1) is 25.2. The lowest BCUT2D eigenvalue weighted by molar-refractivity contribution is -0.144. The Morgan fingerprint density at radius 3 is 2.48 bits per heavy atom. The number of hydrogen-bond acceptors (Lipinski definition) is 8. The Bertz CT molecular complexity index is 1710. The van der Waals surface area contributed by atoms with Crippen molar-refractivity contribution in [3.05, 3.63) is 83.0 Å². The number of unbranched alkanes of at least 4 members (excludes halogenated alkanes) is 2. The molecule has 0 saturated heterocycles. The molecule has 1 aromatic heterocycles. The van der Waals surface area contributed by atoms with Gasteiger partial charge >= 0.3 is 0 Å². The molecule has 0 aliphatic heterocycles. The van der Waals surface area contributed by atoms with Gasteiger partial charge in [-0.3, -0.25) is 9.59 Å². The molecule has 1 saturated carbocycles. The smallest absolute Gasteiger partial charge is 0.173 e. The van der Waals surface area contributed by atoms with Crippen LogP contribution in [0.5, 0.6) is 11.5 Å². The van der Waals surface area contributed by atoms with Crippen LogP contribution in [0.4, 0.5) is 5.82 Å². The number of aryl methyl sites for hydroxylation is 1. The number of aliphatic hydroxyl groups is 2. The van der Waals surface area contributed by atoms with Gasteiger partial charge in [0, 0.05) is 31.1 Å². The van der Waals surface area contributed by atoms with Gasteiger partial charge in [0.2, 0.25) is 0 Å². The van der Waals surface area contributed by atoms with Crippen LogP contribution in [0, 0.1) is 47.3 Å². The van der Waals surface area contributed by atoms with Crippen LogP contribution in [0.2, 0.25) is 0 Å². The van der Waals surface area contributed by atoms with Crippen molar-refractivity contribution in [2.75, 3.05) is 19.5 Å². The number of anilines is 1. The number of ether oxygens (including phenoxy) is 1. The highest BCUT2D eigenvalue weighted by Crippen LogP contribution is 2.48. The predicted octanol–water partition coefficient (Wildman–Crippen LogP) is 7.07. The molecule has 0 amide bonds. The van der Waals surface area contributed by atoms with Gasteiger partial charge in [-0.15, -0.1) is 0 Å². The molecule has 3 aromatic rings. The van der Waals surface area contributed by atoms with Gasteiger partial charge in [-0.05, 0) is 109 Å². The number of nitrogens with two attached hydrogens (primary N) is 1. The minimum atomic E-state index is -1.77. The maximum absolute atomic E-state index is 14.8. The predicted molar refractivity (Wildman–Crippen MR) is 204 cm³/mol. The van der Waals surface area contributed by atoms with Crippen LogP contribution in [0.25, 0.3) is 0 Å². The van der Waals surface area contributed by atoms with E-state index in [2.05, 4.69) is 30.7 Å². The molecule has 0 spiro atoms. The number of fused-ring (bicyclic) bond motifs is 2. The van der Waals surface area contributed by atoms with E-state index in [1.807, 2.05) is 42.5 Å². The van der Waals surface area contributed by atoms with E-state index in [0.29, 0.717) is 18.7 Å². The lowest BCUT2D eigenvalue weighted by Gasteiger charge is -2.38. The van der Waals surface area contributed by atoms with Crippen molar-refractivity contribution in [2.24, 2.45) is 35.5 Å². The van der Waals surface area contributed by atoms with E-state index in [9.17, 15) is 24.9 Å². The van der Waals surface area contributed by atoms with Crippen LogP contribution < -0.4 is 10.5 Å². The average Bonchev–Trinajstić information content (AvgIpc) is 3.29. The van der Waals surface area contributed by atoms with Crippen molar-refractivity contribution in [2.45, 2.75) is 96.5 Å². The van der Waals surface area contributed by atoms with Gasteiger partial charge in [0.15, 0.2) is 29.2 Å². The van der Waals surface area contributed by atoms with Gasteiger partial charge in [-0.2, -0.15) is 0 Å². The van der Waals surface area contributed by atoms with E-state index in [1.165, 1.54) is 7.11 Å². The monoisotopic (exact) mass is 708 g/mol. The number of aliphatic hydroxyl groups excluding tert-OH is 2. The van der Waals surface area contributed by atoms with Gasteiger partial charge in [-0.1, -0.05) is 81.7 Å². The number of aromatic hydroxyl groups is 1. The number of methoxy groups -OCH3 is 1. The molecule has 1 heterocycles. The Kier molecular flexibility index (Phi) is 13.9. The van der Waals surface area contributed by atoms with Gasteiger partial charge in [-0.25, -0.2) is 4.98 Å². The van der Waals surface area contributed by atoms with Gasteiger partial charge in [0.1, 0.15) is 5.82 Å². The zero-order valence-corrected chi connectivity index (χ0v) is 31.0. The SMILES string of the molecule is CCCCC[C@@H]1[C@H]([C@H](CO)CCC)C[C@@H](Cc2ccnc(N)c2)C[C@H]2C#C[C@@H](c3ccccc3)c3cc(O)c(OC)cc3CCC(=O)[C@@H](O)C(=O)[C@@H]12. The first kappa shape index (κ1) is 39.0. The molecule has 8 nitrogen and oxygen atoms in total. The van der Waals surface area contributed by atoms with Crippen molar-refractivity contribution in [3.8, 4) is 23.3 Å². The fourth-order valence-electron chi connectivity index (χ4n) is 8.97. The van der Waals surface area contributed by atoms with Crippen LogP contribution in [0.15, 0.2) is 60.8 Å². The van der Waals surface area contributed by atoms with Crippen LogP contribution in [0.3, 0.4) is 0 Å². The third kappa shape index (κ3) is 9.23. The molecule has 8 heteroatoms. The van der Waals surface area contributed by atoms with E-state index in [4.69, 9.17) is 10.5 Å². The summed E-state index contributed by atoms with van der Waals surface area (Å²) in [5, 5.41) is 33.5. The number of carbonyl (C=O) groups is 2. The topological polar surface area (TPSA) is 143 Å². The molecule has 2 aromatic carbocycles. The number of Topliss-reactive ketones (excluding diaryl/α,β-unsaturated/α-hetero) is 2. The standard InChI is InChI=1S/C44H56N2O6/c1-4-6-8-14-35-36(33(27-47)11-5-2)23-29(21-28-19-20-46-41(45)24-28)22-32-15-17-34(30-12-9-7-10-13-30)37-26-39(49)40(52-3)25-31(37)16-18-38(48)43(50)44(51)42(32)35/h7,9-10,12-13,19-20,24-26,29,32-36,42-43,47,49-50H,4-6,8,11,14,16,18,21-23,27H2,1-3H3,(H2,45,46)/t29-,32+,33-,34-,35+,36-,42+,43+/m0/s1. The number of ketones is 2. The largest absolute Gasteiger partial charge is 0.504 e. The molecule has 52 heavy (non-hydrogen) atoms. The van der Waals surface area contributed by atoms with Gasteiger partial charge in [0.25, 0.3) is 0 Å². The zero-order chi connectivity index (χ0) is 37.2. The molecule has 0 unspecified atom stereocenters. The number of rotatable bonds is 12. The number of phenols is 1. The third-order valence-corrected chi connectivity index (χ3v) is 11.5. The molecular formula is C44H56N2O6. The Labute approximate surface area is 309 Å². The molecule has 2 aliphatic rings. The summed E-state index contributed by atoms with van der Waals surface area (Å²) < 4.78 is 5.45. The molecule has 8 atom stereocenters. The number of nitrogens with zero attached hydrogens (tertiary/aromatic N) is 1. The maximum Gasteiger partial charge on any atom is 0.173 e. The molecule has 0 bridgehead atoms. The highest BCUT2D eigenvalue weighted by molar-refractivity contribution is 6.06. The second-order valence-electron chi connectivity index (χ2n) is 14.9. The number of benzene rings is 2. The minimum Gasteiger partial charge on any atom is -0.504 e. The number of hydrogen-bond donors (Lipinski definition) is 4. The Balaban J connectivity index is 1.74. The van der Waals surface area contributed by atoms with Crippen molar-refractivity contribution in [1.29, 1.82) is 0 Å². The third-order valence-electron chi connectivity index (χ3n) is 11.5.